The summed E-state index contributed by atoms with van der Waals surface area (Å²) >= 11 is 0. The van der Waals surface area contributed by atoms with Crippen LogP contribution in [0.5, 0.6) is 0 Å². The van der Waals surface area contributed by atoms with Crippen molar-refractivity contribution in [3.63, 3.8) is 0 Å². The zero-order valence-electron chi connectivity index (χ0n) is 26.4. The zero-order chi connectivity index (χ0) is 30.4. The van der Waals surface area contributed by atoms with E-state index in [0.717, 1.165) is 37.1 Å². The number of nitrogens with one attached hydrogen (secondary N) is 2. The lowest BCUT2D eigenvalue weighted by Crippen LogP contribution is -2.49. The average Bonchev–Trinajstić information content (AvgIpc) is 2.83. The van der Waals surface area contributed by atoms with Crippen molar-refractivity contribution in [1.29, 1.82) is 0 Å². The van der Waals surface area contributed by atoms with E-state index in [9.17, 15) is 9.59 Å². The lowest BCUT2D eigenvalue weighted by Gasteiger charge is -2.36. The van der Waals surface area contributed by atoms with E-state index in [-0.39, 0.29) is 11.4 Å². The Morgan fingerprint density at radius 2 is 1.44 bits per heavy atom. The molecule has 2 aromatic carbocycles. The second kappa shape index (κ2) is 13.5. The first kappa shape index (κ1) is 32.0. The predicted molar refractivity (Wildman–Crippen MR) is 167 cm³/mol. The van der Waals surface area contributed by atoms with E-state index in [2.05, 4.69) is 69.5 Å². The summed E-state index contributed by atoms with van der Waals surface area (Å²) in [7, 11) is 3.95. The van der Waals surface area contributed by atoms with Gasteiger partial charge in [-0.1, -0.05) is 64.8 Å². The minimum atomic E-state index is -1.32. The molecule has 7 heteroatoms. The zero-order valence-corrected chi connectivity index (χ0v) is 26.4. The van der Waals surface area contributed by atoms with Gasteiger partial charge in [-0.2, -0.15) is 0 Å². The summed E-state index contributed by atoms with van der Waals surface area (Å²) in [6, 6.07) is 16.6. The van der Waals surface area contributed by atoms with Crippen molar-refractivity contribution in [2.24, 2.45) is 11.8 Å². The van der Waals surface area contributed by atoms with Crippen LogP contribution in [0.4, 0.5) is 11.4 Å². The second-order valence-electron chi connectivity index (χ2n) is 13.1. The van der Waals surface area contributed by atoms with Gasteiger partial charge < -0.3 is 25.0 Å². The third-order valence-electron chi connectivity index (χ3n) is 7.19. The fourth-order valence-electron chi connectivity index (χ4n) is 5.11. The van der Waals surface area contributed by atoms with E-state index >= 15 is 0 Å². The molecule has 0 aliphatic carbocycles. The number of carbonyl (C=O) groups excluding carboxylic acids is 2. The van der Waals surface area contributed by atoms with E-state index in [1.807, 2.05) is 43.3 Å². The lowest BCUT2D eigenvalue weighted by atomic mass is 9.86. The Balaban J connectivity index is 2.00. The normalized spacial score (nSPS) is 16.2. The highest BCUT2D eigenvalue weighted by molar-refractivity contribution is 6.16. The van der Waals surface area contributed by atoms with Crippen molar-refractivity contribution in [3.8, 4) is 0 Å². The molecule has 2 aromatic rings. The lowest BCUT2D eigenvalue weighted by molar-refractivity contribution is -0.222. The number of anilines is 2. The molecule has 0 spiro atoms. The van der Waals surface area contributed by atoms with Gasteiger partial charge in [0, 0.05) is 44.9 Å². The number of benzene rings is 2. The van der Waals surface area contributed by atoms with Crippen molar-refractivity contribution in [2.75, 3.05) is 24.3 Å². The predicted octanol–water partition coefficient (Wildman–Crippen LogP) is 6.83. The Kier molecular flexibility index (Phi) is 10.5. The first-order valence-corrected chi connectivity index (χ1v) is 14.8. The Labute approximate surface area is 246 Å². The fourth-order valence-corrected chi connectivity index (χ4v) is 5.11. The summed E-state index contributed by atoms with van der Waals surface area (Å²) in [5.41, 5.74) is 3.64. The molecule has 1 aliphatic heterocycles. The summed E-state index contributed by atoms with van der Waals surface area (Å²) in [5, 5.41) is 6.92. The molecule has 0 radical (unpaired) electrons. The third-order valence-corrected chi connectivity index (χ3v) is 7.19. The Bertz CT molecular complexity index is 1190. The number of ether oxygens (including phenoxy) is 2. The van der Waals surface area contributed by atoms with E-state index in [4.69, 9.17) is 9.47 Å². The van der Waals surface area contributed by atoms with E-state index < -0.39 is 23.3 Å². The van der Waals surface area contributed by atoms with Gasteiger partial charge in [0.25, 0.3) is 5.79 Å². The van der Waals surface area contributed by atoms with E-state index in [1.54, 1.807) is 13.8 Å². The Morgan fingerprint density at radius 3 is 1.95 bits per heavy atom. The number of carbonyl (C=O) groups is 2. The molecule has 1 aliphatic rings. The number of cyclic esters (lactones) is 2. The highest BCUT2D eigenvalue weighted by Crippen LogP contribution is 2.29. The van der Waals surface area contributed by atoms with Crippen molar-refractivity contribution >= 4 is 23.3 Å². The van der Waals surface area contributed by atoms with Gasteiger partial charge in [-0.3, -0.25) is 0 Å². The molecule has 1 heterocycles. The molecule has 1 fully saturated rings. The minimum absolute atomic E-state index is 0.164. The highest BCUT2D eigenvalue weighted by Gasteiger charge is 2.42. The standard InChI is InChI=1S/C34H49N3O4/c1-23(2)11-10-20-34(7,22-26-14-12-25(13-15-26)21-24(3)4)36-30(29-31(38)40-33(5,6)41-32(29)39)35-27-16-18-28(19-17-27)37(8)9/h12-19,23-24,35-36H,10-11,20-22H2,1-9H3. The van der Waals surface area contributed by atoms with Crippen LogP contribution in [0.2, 0.25) is 0 Å². The minimum Gasteiger partial charge on any atom is -0.419 e. The van der Waals surface area contributed by atoms with Crippen LogP contribution in [0.3, 0.4) is 0 Å². The molecule has 0 amide bonds. The van der Waals surface area contributed by atoms with Gasteiger partial charge in [0.05, 0.1) is 0 Å². The second-order valence-corrected chi connectivity index (χ2v) is 13.1. The van der Waals surface area contributed by atoms with Gasteiger partial charge >= 0.3 is 11.9 Å². The summed E-state index contributed by atoms with van der Waals surface area (Å²) < 4.78 is 11.0. The summed E-state index contributed by atoms with van der Waals surface area (Å²) in [4.78, 5) is 28.4. The van der Waals surface area contributed by atoms with Crippen LogP contribution in [-0.2, 0) is 31.9 Å². The smallest absolute Gasteiger partial charge is 0.352 e. The molecular formula is C34H49N3O4. The molecular weight excluding hydrogens is 514 g/mol. The molecule has 41 heavy (non-hydrogen) atoms. The van der Waals surface area contributed by atoms with Crippen molar-refractivity contribution < 1.29 is 19.1 Å². The van der Waals surface area contributed by atoms with Crippen molar-refractivity contribution in [2.45, 2.75) is 91.9 Å². The monoisotopic (exact) mass is 563 g/mol. The molecule has 1 atom stereocenters. The maximum Gasteiger partial charge on any atom is 0.352 e. The van der Waals surface area contributed by atoms with Crippen LogP contribution in [0.25, 0.3) is 0 Å². The third kappa shape index (κ3) is 9.55. The highest BCUT2D eigenvalue weighted by atomic mass is 16.7. The van der Waals surface area contributed by atoms with Gasteiger partial charge in [0.1, 0.15) is 5.82 Å². The maximum atomic E-state index is 13.2. The average molecular weight is 564 g/mol. The summed E-state index contributed by atoms with van der Waals surface area (Å²) in [5.74, 6) is -1.30. The van der Waals surface area contributed by atoms with Crippen LogP contribution in [0, 0.1) is 11.8 Å². The molecule has 1 unspecified atom stereocenters. The number of nitrogens with zero attached hydrogens (tertiary/aromatic N) is 1. The van der Waals surface area contributed by atoms with Gasteiger partial charge in [-0.15, -0.1) is 0 Å². The summed E-state index contributed by atoms with van der Waals surface area (Å²) in [6.45, 7) is 14.2. The molecule has 2 N–H and O–H groups in total. The largest absolute Gasteiger partial charge is 0.419 e. The fraction of sp³-hybridized carbons (Fsp3) is 0.529. The quantitative estimate of drug-likeness (QED) is 0.157. The number of esters is 2. The maximum absolute atomic E-state index is 13.2. The van der Waals surface area contributed by atoms with Gasteiger partial charge in [0.15, 0.2) is 5.57 Å². The van der Waals surface area contributed by atoms with Crippen LogP contribution in [-0.4, -0.2) is 37.4 Å². The number of hydrogen-bond donors (Lipinski definition) is 2. The molecule has 1 saturated heterocycles. The molecule has 0 bridgehead atoms. The Hall–Kier alpha value is -3.48. The first-order chi connectivity index (χ1) is 19.2. The summed E-state index contributed by atoms with van der Waals surface area (Å²) in [6.07, 6.45) is 4.66. The van der Waals surface area contributed by atoms with E-state index in [1.165, 1.54) is 11.1 Å². The topological polar surface area (TPSA) is 79.9 Å². The molecule has 7 nitrogen and oxygen atoms in total. The van der Waals surface area contributed by atoms with Gasteiger partial charge in [-0.25, -0.2) is 9.59 Å². The Morgan fingerprint density at radius 1 is 0.878 bits per heavy atom. The molecule has 0 saturated carbocycles. The van der Waals surface area contributed by atoms with Gasteiger partial charge in [0.2, 0.25) is 0 Å². The first-order valence-electron chi connectivity index (χ1n) is 14.8. The SMILES string of the molecule is CC(C)CCCC(C)(Cc1ccc(CC(C)C)cc1)NC(Nc1ccc(N(C)C)cc1)=C1C(=O)OC(C)(C)OC1=O. The molecule has 3 rings (SSSR count). The number of hydrogen-bond acceptors (Lipinski definition) is 7. The van der Waals surface area contributed by atoms with Crippen LogP contribution in [0.15, 0.2) is 59.9 Å². The van der Waals surface area contributed by atoms with Crippen LogP contribution in [0.1, 0.15) is 78.9 Å². The number of rotatable bonds is 13. The molecule has 224 valence electrons. The van der Waals surface area contributed by atoms with Crippen molar-refractivity contribution in [3.05, 3.63) is 71.1 Å². The van der Waals surface area contributed by atoms with E-state index in [0.29, 0.717) is 18.3 Å². The molecule has 0 aromatic heterocycles. The van der Waals surface area contributed by atoms with Gasteiger partial charge in [-0.05, 0) is 73.4 Å². The van der Waals surface area contributed by atoms with Crippen LogP contribution < -0.4 is 15.5 Å². The van der Waals surface area contributed by atoms with Crippen LogP contribution >= 0.6 is 0 Å². The van der Waals surface area contributed by atoms with Crippen molar-refractivity contribution in [1.82, 2.24) is 5.32 Å².